The maximum absolute atomic E-state index is 13.2. The topological polar surface area (TPSA) is 74.2 Å². The van der Waals surface area contributed by atoms with Gasteiger partial charge in [-0.05, 0) is 31.6 Å². The van der Waals surface area contributed by atoms with Gasteiger partial charge in [0.1, 0.15) is 12.5 Å². The Hall–Kier alpha value is -2.28. The molecule has 0 amide bonds. The van der Waals surface area contributed by atoms with E-state index in [1.807, 2.05) is 19.1 Å². The maximum atomic E-state index is 13.2. The van der Waals surface area contributed by atoms with Gasteiger partial charge in [-0.15, -0.1) is 0 Å². The molecule has 3 rings (SSSR count). The minimum atomic E-state index is -0.668. The van der Waals surface area contributed by atoms with E-state index >= 15 is 0 Å². The molecule has 162 valence electrons. The summed E-state index contributed by atoms with van der Waals surface area (Å²) in [6.07, 6.45) is 1.97. The van der Waals surface area contributed by atoms with Gasteiger partial charge in [0.2, 0.25) is 0 Å². The van der Waals surface area contributed by atoms with E-state index in [1.165, 1.54) is 0 Å². The maximum Gasteiger partial charge on any atom is 0.315 e. The molecule has 0 N–H and O–H groups in total. The molecule has 0 saturated heterocycles. The van der Waals surface area contributed by atoms with Crippen molar-refractivity contribution in [2.24, 2.45) is 10.9 Å². The molecule has 0 aromatic heterocycles. The number of ketones is 1. The standard InChI is InChI=1S/C23H29NO5S/c1-5-30-13-12-29-23(26)19-14(2)24-16-9-7-10-17(25)21(16)20(19)15-8-6-11-18(27-3)22(15)28-4/h6,8,11,19-20H,5,7,9-10,12-13H2,1-4H3/t19?,20-/m1/s1. The van der Waals surface area contributed by atoms with Crippen molar-refractivity contribution < 1.29 is 23.8 Å². The van der Waals surface area contributed by atoms with Gasteiger partial charge in [0.05, 0.1) is 14.2 Å². The number of hydrogen-bond acceptors (Lipinski definition) is 7. The number of hydrogen-bond donors (Lipinski definition) is 0. The molecular weight excluding hydrogens is 402 g/mol. The fourth-order valence-corrected chi connectivity index (χ4v) is 4.73. The summed E-state index contributed by atoms with van der Waals surface area (Å²) in [5, 5.41) is 0. The van der Waals surface area contributed by atoms with Crippen LogP contribution in [0.25, 0.3) is 0 Å². The Morgan fingerprint density at radius 3 is 2.73 bits per heavy atom. The van der Waals surface area contributed by atoms with Crippen LogP contribution in [-0.4, -0.2) is 49.8 Å². The monoisotopic (exact) mass is 431 g/mol. The zero-order chi connectivity index (χ0) is 21.7. The van der Waals surface area contributed by atoms with Gasteiger partial charge in [-0.1, -0.05) is 19.1 Å². The SMILES string of the molecule is CCSCCOC(=O)C1C(C)=NC2=C(C(=O)CCC2)[C@@H]1c1cccc(OC)c1OC. The number of allylic oxidation sites excluding steroid dienone is 2. The van der Waals surface area contributed by atoms with Gasteiger partial charge in [-0.2, -0.15) is 11.8 Å². The number of thioether (sulfide) groups is 1. The number of nitrogens with zero attached hydrogens (tertiary/aromatic N) is 1. The molecule has 0 saturated carbocycles. The molecule has 0 bridgehead atoms. The number of para-hydroxylation sites is 1. The minimum absolute atomic E-state index is 0.0433. The summed E-state index contributed by atoms with van der Waals surface area (Å²) < 4.78 is 16.7. The molecule has 0 radical (unpaired) electrons. The lowest BCUT2D eigenvalue weighted by Gasteiger charge is -2.35. The average molecular weight is 432 g/mol. The molecule has 0 spiro atoms. The predicted octanol–water partition coefficient (Wildman–Crippen LogP) is 4.18. The Bertz CT molecular complexity index is 876. The van der Waals surface area contributed by atoms with E-state index in [0.29, 0.717) is 35.8 Å². The summed E-state index contributed by atoms with van der Waals surface area (Å²) in [5.41, 5.74) is 2.82. The lowest BCUT2D eigenvalue weighted by atomic mass is 9.71. The fourth-order valence-electron chi connectivity index (χ4n) is 4.24. The summed E-state index contributed by atoms with van der Waals surface area (Å²) in [6, 6.07) is 5.55. The summed E-state index contributed by atoms with van der Waals surface area (Å²) in [6.45, 7) is 4.25. The minimum Gasteiger partial charge on any atom is -0.493 e. The van der Waals surface area contributed by atoms with Crippen molar-refractivity contribution in [1.29, 1.82) is 0 Å². The second-order valence-electron chi connectivity index (χ2n) is 7.29. The molecule has 1 aromatic rings. The number of rotatable bonds is 8. The van der Waals surface area contributed by atoms with E-state index in [1.54, 1.807) is 32.0 Å². The Labute approximate surface area is 182 Å². The van der Waals surface area contributed by atoms with Gasteiger partial charge in [-0.25, -0.2) is 0 Å². The third kappa shape index (κ3) is 4.41. The normalized spacial score (nSPS) is 21.1. The van der Waals surface area contributed by atoms with Crippen molar-refractivity contribution in [3.8, 4) is 11.5 Å². The van der Waals surface area contributed by atoms with Crippen LogP contribution in [0.5, 0.6) is 11.5 Å². The van der Waals surface area contributed by atoms with Crippen molar-refractivity contribution in [3.05, 3.63) is 35.0 Å². The fraction of sp³-hybridized carbons (Fsp3) is 0.522. The summed E-state index contributed by atoms with van der Waals surface area (Å²) in [7, 11) is 3.14. The van der Waals surface area contributed by atoms with Gasteiger partial charge in [-0.3, -0.25) is 14.6 Å². The Morgan fingerprint density at radius 1 is 1.23 bits per heavy atom. The van der Waals surface area contributed by atoms with Crippen molar-refractivity contribution in [3.63, 3.8) is 0 Å². The summed E-state index contributed by atoms with van der Waals surface area (Å²) in [5.74, 6) is 1.33. The largest absolute Gasteiger partial charge is 0.493 e. The highest BCUT2D eigenvalue weighted by Crippen LogP contribution is 2.48. The summed E-state index contributed by atoms with van der Waals surface area (Å²) in [4.78, 5) is 30.8. The quantitative estimate of drug-likeness (QED) is 0.454. The zero-order valence-electron chi connectivity index (χ0n) is 18.0. The molecule has 7 heteroatoms. The first-order valence-electron chi connectivity index (χ1n) is 10.3. The van der Waals surface area contributed by atoms with Crippen LogP contribution < -0.4 is 9.47 Å². The van der Waals surface area contributed by atoms with Crippen LogP contribution in [0.2, 0.25) is 0 Å². The van der Waals surface area contributed by atoms with Crippen LogP contribution in [0.15, 0.2) is 34.5 Å². The zero-order valence-corrected chi connectivity index (χ0v) is 18.8. The number of carbonyl (C=O) groups excluding carboxylic acids is 2. The second kappa shape index (κ2) is 10.2. The highest BCUT2D eigenvalue weighted by Gasteiger charge is 2.44. The molecule has 1 heterocycles. The first kappa shape index (κ1) is 22.4. The molecule has 2 aliphatic rings. The molecule has 1 aliphatic heterocycles. The molecular formula is C23H29NO5S. The van der Waals surface area contributed by atoms with Gasteiger partial charge >= 0.3 is 5.97 Å². The second-order valence-corrected chi connectivity index (χ2v) is 8.69. The highest BCUT2D eigenvalue weighted by molar-refractivity contribution is 7.99. The van der Waals surface area contributed by atoms with Crippen LogP contribution in [0.1, 0.15) is 44.6 Å². The Balaban J connectivity index is 2.08. The number of Topliss-reactive ketones (excluding diaryl/α,β-unsaturated/α-hetero) is 1. The van der Waals surface area contributed by atoms with Gasteiger partial charge in [0.15, 0.2) is 17.3 Å². The molecule has 1 aliphatic carbocycles. The Kier molecular flexibility index (Phi) is 7.58. The molecule has 30 heavy (non-hydrogen) atoms. The number of benzene rings is 1. The lowest BCUT2D eigenvalue weighted by Crippen LogP contribution is -2.37. The third-order valence-corrected chi connectivity index (χ3v) is 6.40. The van der Waals surface area contributed by atoms with E-state index in [-0.39, 0.29) is 11.8 Å². The van der Waals surface area contributed by atoms with Crippen molar-refractivity contribution >= 4 is 29.2 Å². The molecule has 1 aromatic carbocycles. The van der Waals surface area contributed by atoms with Crippen molar-refractivity contribution in [2.45, 2.75) is 39.0 Å². The van der Waals surface area contributed by atoms with Gasteiger partial charge in [0.25, 0.3) is 0 Å². The smallest absolute Gasteiger partial charge is 0.315 e. The third-order valence-electron chi connectivity index (χ3n) is 5.53. The van der Waals surface area contributed by atoms with E-state index in [9.17, 15) is 9.59 Å². The Morgan fingerprint density at radius 2 is 2.03 bits per heavy atom. The van der Waals surface area contributed by atoms with Crippen LogP contribution in [0.3, 0.4) is 0 Å². The first-order valence-corrected chi connectivity index (χ1v) is 11.5. The number of methoxy groups -OCH3 is 2. The molecule has 6 nitrogen and oxygen atoms in total. The van der Waals surface area contributed by atoms with Gasteiger partial charge in [0, 0.05) is 40.6 Å². The molecule has 2 atom stereocenters. The molecule has 0 fully saturated rings. The lowest BCUT2D eigenvalue weighted by molar-refractivity contribution is -0.145. The van der Waals surface area contributed by atoms with Crippen LogP contribution in [-0.2, 0) is 14.3 Å². The number of aliphatic imine (C=N–C) groups is 1. The van der Waals surface area contributed by atoms with E-state index < -0.39 is 11.8 Å². The van der Waals surface area contributed by atoms with E-state index in [0.717, 1.165) is 35.6 Å². The van der Waals surface area contributed by atoms with Gasteiger partial charge < -0.3 is 14.2 Å². The number of ether oxygens (including phenoxy) is 3. The van der Waals surface area contributed by atoms with Crippen molar-refractivity contribution in [2.75, 3.05) is 32.3 Å². The average Bonchev–Trinajstić information content (AvgIpc) is 2.75. The van der Waals surface area contributed by atoms with E-state index in [2.05, 4.69) is 11.9 Å². The number of carbonyl (C=O) groups is 2. The summed E-state index contributed by atoms with van der Waals surface area (Å²) >= 11 is 1.72. The van der Waals surface area contributed by atoms with Crippen molar-refractivity contribution in [1.82, 2.24) is 0 Å². The predicted molar refractivity (Wildman–Crippen MR) is 119 cm³/mol. The highest BCUT2D eigenvalue weighted by atomic mass is 32.2. The first-order chi connectivity index (χ1) is 14.5. The number of esters is 1. The van der Waals surface area contributed by atoms with Crippen LogP contribution in [0, 0.1) is 5.92 Å². The van der Waals surface area contributed by atoms with Crippen LogP contribution >= 0.6 is 11.8 Å². The molecule has 1 unspecified atom stereocenters. The van der Waals surface area contributed by atoms with E-state index in [4.69, 9.17) is 14.2 Å². The van der Waals surface area contributed by atoms with Crippen LogP contribution in [0.4, 0.5) is 0 Å².